The van der Waals surface area contributed by atoms with Crippen molar-refractivity contribution in [1.29, 1.82) is 0 Å². The molecule has 25 heavy (non-hydrogen) atoms. The lowest BCUT2D eigenvalue weighted by Crippen LogP contribution is -3.04. The first kappa shape index (κ1) is 18.0. The molecule has 1 aliphatic heterocycles. The summed E-state index contributed by atoms with van der Waals surface area (Å²) in [4.78, 5) is 0.485. The zero-order chi connectivity index (χ0) is 18.1. The number of benzene rings is 2. The lowest BCUT2D eigenvalue weighted by Gasteiger charge is -2.46. The molecule has 9 heteroatoms. The van der Waals surface area contributed by atoms with Gasteiger partial charge in [0, 0.05) is 11.1 Å². The molecule has 0 radical (unpaired) electrons. The minimum Gasteiger partial charge on any atom is -0.432 e. The van der Waals surface area contributed by atoms with Gasteiger partial charge in [-0.05, 0) is 30.3 Å². The smallest absolute Gasteiger partial charge is 0.250 e. The van der Waals surface area contributed by atoms with Crippen LogP contribution in [0.3, 0.4) is 0 Å². The third-order valence-corrected chi connectivity index (χ3v) is 7.16. The topological polar surface area (TPSA) is 120 Å². The standard InChI is InChI=1S/C16H18N2O5S2/c19-18-16(25(22,23)14-9-5-2-6-10-14)12-11-15(17-18)24(20,21)13-7-3-1-4-8-13/h1-12,18-23H. The first-order chi connectivity index (χ1) is 11.8. The lowest BCUT2D eigenvalue weighted by molar-refractivity contribution is -1.02. The summed E-state index contributed by atoms with van der Waals surface area (Å²) in [7, 11) is -6.88. The minimum atomic E-state index is -3.46. The van der Waals surface area contributed by atoms with E-state index in [0.29, 0.717) is 0 Å². The maximum atomic E-state index is 10.5. The fourth-order valence-electron chi connectivity index (χ4n) is 2.27. The monoisotopic (exact) mass is 382 g/mol. The maximum absolute atomic E-state index is 10.5. The van der Waals surface area contributed by atoms with E-state index in [0.717, 1.165) is 0 Å². The minimum absolute atomic E-state index is 0.150. The summed E-state index contributed by atoms with van der Waals surface area (Å²) in [5.41, 5.74) is 3.81. The second kappa shape index (κ2) is 6.83. The van der Waals surface area contributed by atoms with Gasteiger partial charge >= 0.3 is 0 Å². The molecule has 0 saturated heterocycles. The molecule has 0 spiro atoms. The first-order valence-electron chi connectivity index (χ1n) is 7.20. The summed E-state index contributed by atoms with van der Waals surface area (Å²) >= 11 is 0. The molecule has 1 atom stereocenters. The molecule has 1 heterocycles. The Labute approximate surface area is 148 Å². The average Bonchev–Trinajstić information content (AvgIpc) is 2.63. The Balaban J connectivity index is 1.96. The molecule has 0 fully saturated rings. The van der Waals surface area contributed by atoms with Gasteiger partial charge in [0.1, 0.15) is 0 Å². The van der Waals surface area contributed by atoms with Crippen LogP contribution in [0.25, 0.3) is 5.43 Å². The molecule has 7 nitrogen and oxygen atoms in total. The molecule has 0 saturated carbocycles. The Bertz CT molecular complexity index is 810. The lowest BCUT2D eigenvalue weighted by atomic mass is 10.4. The van der Waals surface area contributed by atoms with E-state index in [2.05, 4.69) is 5.43 Å². The van der Waals surface area contributed by atoms with Gasteiger partial charge in [0.25, 0.3) is 5.03 Å². The van der Waals surface area contributed by atoms with Crippen molar-refractivity contribution in [2.45, 2.75) is 9.79 Å². The fourth-order valence-corrected chi connectivity index (χ4v) is 4.87. The van der Waals surface area contributed by atoms with Crippen LogP contribution in [0.15, 0.2) is 92.7 Å². The Kier molecular flexibility index (Phi) is 4.91. The van der Waals surface area contributed by atoms with Crippen LogP contribution >= 0.6 is 21.2 Å². The van der Waals surface area contributed by atoms with Gasteiger partial charge in [0.05, 0.1) is 9.79 Å². The van der Waals surface area contributed by atoms with Crippen LogP contribution in [0.5, 0.6) is 0 Å². The number of allylic oxidation sites excluding steroid dienone is 2. The maximum Gasteiger partial charge on any atom is 0.250 e. The highest BCUT2D eigenvalue weighted by molar-refractivity contribution is 8.28. The highest BCUT2D eigenvalue weighted by Gasteiger charge is 2.31. The summed E-state index contributed by atoms with van der Waals surface area (Å²) in [6, 6.07) is 16.2. The van der Waals surface area contributed by atoms with E-state index in [-0.39, 0.29) is 19.8 Å². The van der Waals surface area contributed by atoms with Crippen molar-refractivity contribution < 1.29 is 28.6 Å². The van der Waals surface area contributed by atoms with Crippen molar-refractivity contribution in [2.75, 3.05) is 0 Å². The van der Waals surface area contributed by atoms with E-state index >= 15 is 0 Å². The van der Waals surface area contributed by atoms with Gasteiger partial charge in [0.15, 0.2) is 0 Å². The first-order valence-corrected chi connectivity index (χ1v) is 10.3. The predicted octanol–water partition coefficient (Wildman–Crippen LogP) is 3.87. The third-order valence-electron chi connectivity index (χ3n) is 3.56. The highest BCUT2D eigenvalue weighted by atomic mass is 32.3. The molecule has 2 aromatic rings. The molecule has 3 rings (SSSR count). The molecule has 0 aliphatic carbocycles. The van der Waals surface area contributed by atoms with Crippen LogP contribution in [0, 0.1) is 0 Å². The van der Waals surface area contributed by atoms with Crippen LogP contribution in [0.1, 0.15) is 0 Å². The molecule has 0 amide bonds. The Morgan fingerprint density at radius 2 is 1.16 bits per heavy atom. The molecule has 1 aliphatic rings. The Morgan fingerprint density at radius 1 is 0.680 bits per heavy atom. The van der Waals surface area contributed by atoms with E-state index in [1.165, 1.54) is 24.3 Å². The van der Waals surface area contributed by atoms with E-state index in [4.69, 9.17) is 0 Å². The normalized spacial score (nSPS) is 19.5. The Hall–Kier alpha value is -1.82. The molecule has 2 aromatic carbocycles. The number of hydroxylamine groups is 1. The second-order valence-corrected chi connectivity index (χ2v) is 9.19. The second-order valence-electron chi connectivity index (χ2n) is 5.20. The summed E-state index contributed by atoms with van der Waals surface area (Å²) in [5, 5.41) is 9.20. The molecule has 6 N–H and O–H groups in total. The fraction of sp³-hybridized carbons (Fsp3) is 0. The Morgan fingerprint density at radius 3 is 1.64 bits per heavy atom. The SMILES string of the molecule is O[NH+]1[N-]C(S(O)(O)c2ccccc2)=CC=C1S(O)(O)c1ccccc1. The number of hydrogen-bond acceptors (Lipinski definition) is 5. The van der Waals surface area contributed by atoms with Crippen molar-refractivity contribution in [3.8, 4) is 0 Å². The van der Waals surface area contributed by atoms with E-state index in [1.54, 1.807) is 48.5 Å². The van der Waals surface area contributed by atoms with E-state index in [1.807, 2.05) is 0 Å². The van der Waals surface area contributed by atoms with Crippen molar-refractivity contribution in [3.63, 3.8) is 0 Å². The third kappa shape index (κ3) is 3.45. The quantitative estimate of drug-likeness (QED) is 0.480. The van der Waals surface area contributed by atoms with Crippen LogP contribution in [-0.2, 0) is 0 Å². The molecule has 1 unspecified atom stereocenters. The highest BCUT2D eigenvalue weighted by Crippen LogP contribution is 2.58. The summed E-state index contributed by atoms with van der Waals surface area (Å²) in [6.07, 6.45) is 2.52. The van der Waals surface area contributed by atoms with Gasteiger partial charge in [0.2, 0.25) is 0 Å². The van der Waals surface area contributed by atoms with Crippen molar-refractivity contribution >= 4 is 21.2 Å². The van der Waals surface area contributed by atoms with Gasteiger partial charge in [-0.2, -0.15) is 15.8 Å². The van der Waals surface area contributed by atoms with Crippen molar-refractivity contribution in [1.82, 2.24) is 0 Å². The van der Waals surface area contributed by atoms with Crippen LogP contribution in [-0.4, -0.2) is 23.4 Å². The van der Waals surface area contributed by atoms with E-state index < -0.39 is 26.4 Å². The predicted molar refractivity (Wildman–Crippen MR) is 97.4 cm³/mol. The van der Waals surface area contributed by atoms with Crippen LogP contribution in [0.4, 0.5) is 0 Å². The molecule has 0 bridgehead atoms. The number of hydrogen-bond donors (Lipinski definition) is 6. The number of nitrogens with zero attached hydrogens (tertiary/aromatic N) is 1. The van der Waals surface area contributed by atoms with Crippen molar-refractivity contribution in [3.05, 3.63) is 88.3 Å². The molecule has 134 valence electrons. The number of rotatable bonds is 4. The van der Waals surface area contributed by atoms with Crippen LogP contribution in [0.2, 0.25) is 0 Å². The van der Waals surface area contributed by atoms with Gasteiger partial charge in [-0.25, -0.2) is 5.21 Å². The number of nitrogens with one attached hydrogen (secondary N) is 1. The van der Waals surface area contributed by atoms with Crippen LogP contribution < -0.4 is 5.17 Å². The van der Waals surface area contributed by atoms with Gasteiger partial charge in [-0.1, -0.05) is 47.0 Å². The summed E-state index contributed by atoms with van der Waals surface area (Å²) in [6.45, 7) is 0. The summed E-state index contributed by atoms with van der Waals surface area (Å²) < 4.78 is 41.8. The van der Waals surface area contributed by atoms with Gasteiger partial charge in [-0.3, -0.25) is 18.2 Å². The zero-order valence-corrected chi connectivity index (χ0v) is 14.6. The molecular formula is C16H18N2O5S2. The van der Waals surface area contributed by atoms with Gasteiger partial charge < -0.3 is 5.43 Å². The molecular weight excluding hydrogens is 364 g/mol. The molecule has 0 aromatic heterocycles. The zero-order valence-electron chi connectivity index (χ0n) is 12.9. The number of quaternary nitrogens is 1. The summed E-state index contributed by atoms with van der Waals surface area (Å²) in [5.74, 6) is 0. The largest absolute Gasteiger partial charge is 0.432 e. The van der Waals surface area contributed by atoms with Gasteiger partial charge in [-0.15, -0.1) is 0 Å². The average molecular weight is 382 g/mol. The van der Waals surface area contributed by atoms with E-state index in [9.17, 15) is 23.4 Å². The van der Waals surface area contributed by atoms with Crippen molar-refractivity contribution in [2.24, 2.45) is 0 Å².